The number of benzene rings is 3. The van der Waals surface area contributed by atoms with E-state index >= 15 is 0 Å². The molecule has 178 valence electrons. The number of amides is 1. The molecule has 2 aromatic heterocycles. The number of nitrogens with zero attached hydrogens (tertiary/aromatic N) is 3. The molecule has 0 unspecified atom stereocenters. The Balaban J connectivity index is 1.41. The second kappa shape index (κ2) is 9.19. The third kappa shape index (κ3) is 4.15. The van der Waals surface area contributed by atoms with Gasteiger partial charge in [-0.3, -0.25) is 9.59 Å². The molecule has 6 rings (SSSR count). The fourth-order valence-corrected chi connectivity index (χ4v) is 4.94. The summed E-state index contributed by atoms with van der Waals surface area (Å²) in [5.74, 6) is -0.142. The highest BCUT2D eigenvalue weighted by Crippen LogP contribution is 2.32. The maximum absolute atomic E-state index is 13.8. The van der Waals surface area contributed by atoms with Crippen LogP contribution < -0.4 is 10.5 Å². The van der Waals surface area contributed by atoms with E-state index in [1.165, 1.54) is 6.07 Å². The van der Waals surface area contributed by atoms with Crippen molar-refractivity contribution in [2.45, 2.75) is 13.1 Å². The van der Waals surface area contributed by atoms with E-state index in [-0.39, 0.29) is 11.5 Å². The maximum atomic E-state index is 13.8. The second-order valence-corrected chi connectivity index (χ2v) is 9.03. The normalized spacial score (nSPS) is 13.4. The molecule has 0 spiro atoms. The summed E-state index contributed by atoms with van der Waals surface area (Å²) in [7, 11) is 0. The molecule has 3 aromatic carbocycles. The lowest BCUT2D eigenvalue weighted by molar-refractivity contribution is 0.0753. The Morgan fingerprint density at radius 2 is 1.75 bits per heavy atom. The van der Waals surface area contributed by atoms with E-state index in [1.807, 2.05) is 53.6 Å². The van der Waals surface area contributed by atoms with Gasteiger partial charge in [-0.2, -0.15) is 0 Å². The highest BCUT2D eigenvalue weighted by Gasteiger charge is 2.26. The van der Waals surface area contributed by atoms with Gasteiger partial charge in [-0.05, 0) is 34.9 Å². The summed E-state index contributed by atoms with van der Waals surface area (Å²) >= 11 is 0. The van der Waals surface area contributed by atoms with Crippen molar-refractivity contribution in [3.05, 3.63) is 119 Å². The van der Waals surface area contributed by atoms with Gasteiger partial charge < -0.3 is 19.8 Å². The van der Waals surface area contributed by atoms with E-state index in [0.29, 0.717) is 37.3 Å². The molecule has 7 nitrogen and oxygen atoms in total. The first-order valence-electron chi connectivity index (χ1n) is 12.0. The van der Waals surface area contributed by atoms with Gasteiger partial charge in [-0.25, -0.2) is 4.98 Å². The highest BCUT2D eigenvalue weighted by atomic mass is 16.2. The number of anilines is 1. The van der Waals surface area contributed by atoms with Gasteiger partial charge in [0.15, 0.2) is 0 Å². The Bertz CT molecular complexity index is 1590. The summed E-state index contributed by atoms with van der Waals surface area (Å²) < 4.78 is 0. The van der Waals surface area contributed by atoms with Crippen LogP contribution in [0, 0.1) is 0 Å². The molecule has 1 amide bonds. The predicted octanol–water partition coefficient (Wildman–Crippen LogP) is 4.58. The molecule has 1 aliphatic heterocycles. The van der Waals surface area contributed by atoms with Gasteiger partial charge in [-0.1, -0.05) is 54.6 Å². The van der Waals surface area contributed by atoms with E-state index in [2.05, 4.69) is 50.2 Å². The molecule has 3 heterocycles. The Labute approximate surface area is 208 Å². The molecule has 36 heavy (non-hydrogen) atoms. The van der Waals surface area contributed by atoms with Gasteiger partial charge in [0.2, 0.25) is 5.56 Å². The first-order chi connectivity index (χ1) is 17.7. The van der Waals surface area contributed by atoms with Gasteiger partial charge >= 0.3 is 0 Å². The molecule has 0 atom stereocenters. The van der Waals surface area contributed by atoms with Crippen molar-refractivity contribution in [1.82, 2.24) is 19.9 Å². The topological polar surface area (TPSA) is 85.1 Å². The number of aromatic nitrogens is 3. The molecule has 7 heteroatoms. The fourth-order valence-electron chi connectivity index (χ4n) is 4.94. The van der Waals surface area contributed by atoms with Crippen LogP contribution in [0.2, 0.25) is 0 Å². The molecule has 0 saturated carbocycles. The number of imidazole rings is 1. The Morgan fingerprint density at radius 1 is 0.917 bits per heavy atom. The van der Waals surface area contributed by atoms with Crippen molar-refractivity contribution >= 4 is 22.5 Å². The molecular weight excluding hydrogens is 450 g/mol. The number of fused-ring (bicyclic) bond motifs is 2. The van der Waals surface area contributed by atoms with E-state index in [9.17, 15) is 9.59 Å². The zero-order chi connectivity index (χ0) is 24.5. The summed E-state index contributed by atoms with van der Waals surface area (Å²) in [5, 5.41) is 0.749. The number of carbonyl (C=O) groups is 1. The molecule has 2 N–H and O–H groups in total. The lowest BCUT2D eigenvalue weighted by Gasteiger charge is -2.24. The molecule has 0 radical (unpaired) electrons. The number of para-hydroxylation sites is 1. The lowest BCUT2D eigenvalue weighted by Crippen LogP contribution is -2.35. The summed E-state index contributed by atoms with van der Waals surface area (Å²) in [6, 6.07) is 25.5. The molecule has 0 aliphatic carbocycles. The molecule has 0 saturated heterocycles. The lowest BCUT2D eigenvalue weighted by atomic mass is 10.0. The van der Waals surface area contributed by atoms with Crippen molar-refractivity contribution in [2.75, 3.05) is 18.0 Å². The second-order valence-electron chi connectivity index (χ2n) is 9.03. The minimum atomic E-state index is -0.278. The van der Waals surface area contributed by atoms with Crippen LogP contribution in [0.5, 0.6) is 0 Å². The quantitative estimate of drug-likeness (QED) is 0.398. The van der Waals surface area contributed by atoms with Gasteiger partial charge in [0.1, 0.15) is 0 Å². The average molecular weight is 476 g/mol. The van der Waals surface area contributed by atoms with Gasteiger partial charge in [-0.15, -0.1) is 0 Å². The Kier molecular flexibility index (Phi) is 5.58. The number of hydrogen-bond donors (Lipinski definition) is 2. The minimum Gasteiger partial charge on any atom is -0.364 e. The van der Waals surface area contributed by atoms with E-state index in [1.54, 1.807) is 6.33 Å². The first kappa shape index (κ1) is 21.9. The van der Waals surface area contributed by atoms with Crippen molar-refractivity contribution in [3.8, 4) is 11.1 Å². The molecule has 0 fully saturated rings. The molecule has 0 bridgehead atoms. The van der Waals surface area contributed by atoms with Crippen LogP contribution in [-0.2, 0) is 13.1 Å². The number of pyridine rings is 1. The van der Waals surface area contributed by atoms with Crippen LogP contribution in [0.4, 0.5) is 5.69 Å². The van der Waals surface area contributed by atoms with Crippen molar-refractivity contribution in [3.63, 3.8) is 0 Å². The van der Waals surface area contributed by atoms with Crippen molar-refractivity contribution in [1.29, 1.82) is 0 Å². The van der Waals surface area contributed by atoms with Gasteiger partial charge in [0, 0.05) is 48.5 Å². The fraction of sp³-hybridized carbons (Fsp3) is 0.138. The third-order valence-electron chi connectivity index (χ3n) is 6.71. The van der Waals surface area contributed by atoms with Crippen LogP contribution in [-0.4, -0.2) is 38.8 Å². The van der Waals surface area contributed by atoms with Crippen LogP contribution >= 0.6 is 0 Å². The SMILES string of the molecule is O=C(c1cc(=O)[nH]c2ccccc12)N1CCN(Cc2cnc[nH]2)c2ccc(-c3ccccc3)cc2C1. The third-order valence-corrected chi connectivity index (χ3v) is 6.71. The van der Waals surface area contributed by atoms with E-state index in [4.69, 9.17) is 0 Å². The number of carbonyl (C=O) groups excluding carboxylic acids is 1. The summed E-state index contributed by atoms with van der Waals surface area (Å²) in [6.07, 6.45) is 3.51. The molecular formula is C29H25N5O2. The average Bonchev–Trinajstić information content (AvgIpc) is 3.36. The van der Waals surface area contributed by atoms with Crippen LogP contribution in [0.15, 0.2) is 96.2 Å². The Hall–Kier alpha value is -4.65. The van der Waals surface area contributed by atoms with Crippen molar-refractivity contribution < 1.29 is 4.79 Å². The first-order valence-corrected chi connectivity index (χ1v) is 12.0. The van der Waals surface area contributed by atoms with Gasteiger partial charge in [0.05, 0.1) is 24.1 Å². The molecule has 1 aliphatic rings. The summed E-state index contributed by atoms with van der Waals surface area (Å²) in [4.78, 5) is 40.5. The number of rotatable bonds is 4. The Morgan fingerprint density at radius 3 is 2.58 bits per heavy atom. The predicted molar refractivity (Wildman–Crippen MR) is 141 cm³/mol. The molecule has 5 aromatic rings. The maximum Gasteiger partial charge on any atom is 0.255 e. The van der Waals surface area contributed by atoms with Crippen LogP contribution in [0.25, 0.3) is 22.0 Å². The van der Waals surface area contributed by atoms with E-state index in [0.717, 1.165) is 33.5 Å². The van der Waals surface area contributed by atoms with Crippen molar-refractivity contribution in [2.24, 2.45) is 0 Å². The monoisotopic (exact) mass is 475 g/mol. The zero-order valence-corrected chi connectivity index (χ0v) is 19.6. The number of aromatic amines is 2. The van der Waals surface area contributed by atoms with Crippen LogP contribution in [0.1, 0.15) is 21.6 Å². The number of nitrogens with one attached hydrogen (secondary N) is 2. The summed E-state index contributed by atoms with van der Waals surface area (Å²) in [5.41, 5.74) is 6.21. The van der Waals surface area contributed by atoms with E-state index < -0.39 is 0 Å². The standard InChI is InChI=1S/C29H25N5O2/c35-28-15-25(24-8-4-5-9-26(24)32-28)29(36)34-13-12-33(18-23-16-30-19-31-23)27-11-10-21(14-22(27)17-34)20-6-2-1-3-7-20/h1-11,14-16,19H,12-13,17-18H2,(H,30,31)(H,32,35). The zero-order valence-electron chi connectivity index (χ0n) is 19.6. The number of H-pyrrole nitrogens is 2. The smallest absolute Gasteiger partial charge is 0.255 e. The number of hydrogen-bond acceptors (Lipinski definition) is 4. The highest BCUT2D eigenvalue weighted by molar-refractivity contribution is 6.06. The van der Waals surface area contributed by atoms with Crippen LogP contribution in [0.3, 0.4) is 0 Å². The van der Waals surface area contributed by atoms with Gasteiger partial charge in [0.25, 0.3) is 5.91 Å². The summed E-state index contributed by atoms with van der Waals surface area (Å²) in [6.45, 7) is 2.30. The minimum absolute atomic E-state index is 0.142. The largest absolute Gasteiger partial charge is 0.364 e.